The van der Waals surface area contributed by atoms with Gasteiger partial charge in [-0.3, -0.25) is 14.3 Å². The molecule has 0 unspecified atom stereocenters. The van der Waals surface area contributed by atoms with E-state index in [0.717, 1.165) is 37.8 Å². The maximum Gasteiger partial charge on any atom is 0.236 e. The molecule has 0 saturated carbocycles. The predicted molar refractivity (Wildman–Crippen MR) is 105 cm³/mol. The second-order valence-electron chi connectivity index (χ2n) is 6.83. The fourth-order valence-electron chi connectivity index (χ4n) is 3.57. The Kier molecular flexibility index (Phi) is 5.61. The number of amides is 1. The lowest BCUT2D eigenvalue weighted by Gasteiger charge is -2.36. The number of halogens is 1. The molecule has 2 fully saturated rings. The highest BCUT2D eigenvalue weighted by molar-refractivity contribution is 6.30. The highest BCUT2D eigenvalue weighted by atomic mass is 35.5. The Morgan fingerprint density at radius 3 is 2.63 bits per heavy atom. The highest BCUT2D eigenvalue weighted by Gasteiger charge is 2.24. The van der Waals surface area contributed by atoms with Gasteiger partial charge in [0.1, 0.15) is 0 Å². The lowest BCUT2D eigenvalue weighted by molar-refractivity contribution is -0.136. The molecule has 144 valence electrons. The number of nitrogens with zero attached hydrogens (tertiary/aromatic N) is 5. The highest BCUT2D eigenvalue weighted by Crippen LogP contribution is 2.22. The Hall–Kier alpha value is -2.09. The van der Waals surface area contributed by atoms with Gasteiger partial charge in [-0.2, -0.15) is 0 Å². The van der Waals surface area contributed by atoms with Crippen molar-refractivity contribution in [3.05, 3.63) is 41.7 Å². The number of imidazole rings is 1. The van der Waals surface area contributed by atoms with Crippen molar-refractivity contribution in [1.29, 1.82) is 0 Å². The summed E-state index contributed by atoms with van der Waals surface area (Å²) < 4.78 is 7.37. The lowest BCUT2D eigenvalue weighted by atomic mass is 10.3. The number of carbonyl (C=O) groups excluding carboxylic acids is 1. The third-order valence-electron chi connectivity index (χ3n) is 5.09. The van der Waals surface area contributed by atoms with E-state index in [-0.39, 0.29) is 5.91 Å². The van der Waals surface area contributed by atoms with Gasteiger partial charge in [0, 0.05) is 62.4 Å². The van der Waals surface area contributed by atoms with Crippen molar-refractivity contribution < 1.29 is 9.53 Å². The molecule has 0 spiro atoms. The summed E-state index contributed by atoms with van der Waals surface area (Å²) >= 11 is 6.13. The van der Waals surface area contributed by atoms with E-state index in [1.54, 1.807) is 0 Å². The van der Waals surface area contributed by atoms with Crippen molar-refractivity contribution in [3.8, 4) is 5.69 Å². The van der Waals surface area contributed by atoms with Crippen LogP contribution in [0.2, 0.25) is 5.02 Å². The van der Waals surface area contributed by atoms with Crippen molar-refractivity contribution in [1.82, 2.24) is 19.4 Å². The second kappa shape index (κ2) is 8.29. The van der Waals surface area contributed by atoms with E-state index in [2.05, 4.69) is 19.4 Å². The van der Waals surface area contributed by atoms with Crippen molar-refractivity contribution in [3.63, 3.8) is 0 Å². The van der Waals surface area contributed by atoms with Crippen LogP contribution in [0.4, 0.5) is 5.95 Å². The fourth-order valence-corrected chi connectivity index (χ4v) is 3.75. The average Bonchev–Trinajstić information content (AvgIpc) is 3.19. The summed E-state index contributed by atoms with van der Waals surface area (Å²) in [7, 11) is 0. The van der Waals surface area contributed by atoms with Crippen LogP contribution < -0.4 is 4.90 Å². The zero-order valence-electron chi connectivity index (χ0n) is 15.3. The van der Waals surface area contributed by atoms with Gasteiger partial charge in [-0.05, 0) is 18.2 Å². The zero-order chi connectivity index (χ0) is 18.6. The van der Waals surface area contributed by atoms with Crippen molar-refractivity contribution in [2.45, 2.75) is 0 Å². The average molecular weight is 390 g/mol. The zero-order valence-corrected chi connectivity index (χ0v) is 16.0. The van der Waals surface area contributed by atoms with E-state index < -0.39 is 0 Å². The van der Waals surface area contributed by atoms with Crippen LogP contribution in [-0.2, 0) is 9.53 Å². The molecular weight excluding hydrogens is 366 g/mol. The molecule has 0 bridgehead atoms. The summed E-state index contributed by atoms with van der Waals surface area (Å²) in [6, 6.07) is 7.76. The van der Waals surface area contributed by atoms with Gasteiger partial charge in [0.2, 0.25) is 11.9 Å². The van der Waals surface area contributed by atoms with Gasteiger partial charge in [-0.1, -0.05) is 17.7 Å². The topological polar surface area (TPSA) is 53.8 Å². The Bertz CT molecular complexity index is 782. The number of hydrogen-bond acceptors (Lipinski definition) is 5. The third kappa shape index (κ3) is 4.26. The first-order valence-corrected chi connectivity index (χ1v) is 9.70. The summed E-state index contributed by atoms with van der Waals surface area (Å²) in [5.41, 5.74) is 1.000. The number of carbonyl (C=O) groups is 1. The lowest BCUT2D eigenvalue weighted by Crippen LogP contribution is -2.52. The van der Waals surface area contributed by atoms with E-state index in [0.29, 0.717) is 37.9 Å². The molecule has 0 aliphatic carbocycles. The molecule has 2 saturated heterocycles. The number of aromatic nitrogens is 2. The Balaban J connectivity index is 1.36. The number of anilines is 1. The van der Waals surface area contributed by atoms with Gasteiger partial charge < -0.3 is 14.5 Å². The summed E-state index contributed by atoms with van der Waals surface area (Å²) in [5, 5.41) is 0.707. The number of rotatable bonds is 4. The van der Waals surface area contributed by atoms with Gasteiger partial charge >= 0.3 is 0 Å². The molecule has 1 aromatic carbocycles. The maximum absolute atomic E-state index is 12.4. The Morgan fingerprint density at radius 2 is 1.89 bits per heavy atom. The number of ether oxygens (including phenoxy) is 1. The molecule has 3 heterocycles. The molecule has 4 rings (SSSR count). The van der Waals surface area contributed by atoms with Crippen LogP contribution in [0, 0.1) is 0 Å². The maximum atomic E-state index is 12.4. The van der Waals surface area contributed by atoms with Gasteiger partial charge in [-0.25, -0.2) is 4.98 Å². The van der Waals surface area contributed by atoms with Crippen LogP contribution in [0.1, 0.15) is 0 Å². The summed E-state index contributed by atoms with van der Waals surface area (Å²) in [6.07, 6.45) is 3.76. The van der Waals surface area contributed by atoms with E-state index in [4.69, 9.17) is 16.3 Å². The molecule has 7 nitrogen and oxygen atoms in total. The van der Waals surface area contributed by atoms with Gasteiger partial charge in [0.05, 0.1) is 19.8 Å². The second-order valence-corrected chi connectivity index (χ2v) is 7.27. The number of piperazine rings is 1. The normalized spacial score (nSPS) is 18.7. The molecule has 1 amide bonds. The van der Waals surface area contributed by atoms with E-state index in [1.165, 1.54) is 0 Å². The quantitative estimate of drug-likeness (QED) is 0.793. The monoisotopic (exact) mass is 389 g/mol. The number of hydrogen-bond donors (Lipinski definition) is 0. The van der Waals surface area contributed by atoms with Crippen molar-refractivity contribution >= 4 is 23.5 Å². The molecule has 27 heavy (non-hydrogen) atoms. The van der Waals surface area contributed by atoms with Gasteiger partial charge in [0.25, 0.3) is 0 Å². The van der Waals surface area contributed by atoms with Crippen LogP contribution in [-0.4, -0.2) is 84.3 Å². The van der Waals surface area contributed by atoms with E-state index in [1.807, 2.05) is 41.6 Å². The SMILES string of the molecule is O=C(CN1CCN(c2nccn2-c2cccc(Cl)c2)CC1)N1CCOCC1. The smallest absolute Gasteiger partial charge is 0.236 e. The van der Waals surface area contributed by atoms with Crippen molar-refractivity contribution in [2.75, 3.05) is 63.9 Å². The molecule has 0 atom stereocenters. The van der Waals surface area contributed by atoms with E-state index >= 15 is 0 Å². The van der Waals surface area contributed by atoms with Crippen LogP contribution in [0.25, 0.3) is 5.69 Å². The Labute approximate surface area is 164 Å². The van der Waals surface area contributed by atoms with Crippen LogP contribution >= 0.6 is 11.6 Å². The van der Waals surface area contributed by atoms with Gasteiger partial charge in [0.15, 0.2) is 0 Å². The molecule has 2 aliphatic heterocycles. The summed E-state index contributed by atoms with van der Waals surface area (Å²) in [4.78, 5) is 23.4. The molecule has 2 aromatic rings. The fraction of sp³-hybridized carbons (Fsp3) is 0.474. The summed E-state index contributed by atoms with van der Waals surface area (Å²) in [5.74, 6) is 1.11. The number of benzene rings is 1. The van der Waals surface area contributed by atoms with Crippen LogP contribution in [0.5, 0.6) is 0 Å². The van der Waals surface area contributed by atoms with Gasteiger partial charge in [-0.15, -0.1) is 0 Å². The first-order valence-electron chi connectivity index (χ1n) is 9.33. The Morgan fingerprint density at radius 1 is 1.11 bits per heavy atom. The minimum atomic E-state index is 0.201. The standard InChI is InChI=1S/C19H24ClN5O2/c20-16-2-1-3-17(14-16)25-5-4-21-19(25)24-8-6-22(7-9-24)15-18(26)23-10-12-27-13-11-23/h1-5,14H,6-13,15H2. The van der Waals surface area contributed by atoms with E-state index in [9.17, 15) is 4.79 Å². The molecule has 1 aromatic heterocycles. The summed E-state index contributed by atoms with van der Waals surface area (Å²) in [6.45, 7) is 6.55. The molecule has 2 aliphatic rings. The largest absolute Gasteiger partial charge is 0.378 e. The first-order chi connectivity index (χ1) is 13.2. The molecule has 0 radical (unpaired) electrons. The molecular formula is C19H24ClN5O2. The van der Waals surface area contributed by atoms with Crippen molar-refractivity contribution in [2.24, 2.45) is 0 Å². The van der Waals surface area contributed by atoms with Crippen LogP contribution in [0.3, 0.4) is 0 Å². The first kappa shape index (κ1) is 18.3. The van der Waals surface area contributed by atoms with Crippen LogP contribution in [0.15, 0.2) is 36.7 Å². The third-order valence-corrected chi connectivity index (χ3v) is 5.32. The molecule has 8 heteroatoms. The molecule has 0 N–H and O–H groups in total. The number of morpholine rings is 1. The predicted octanol–water partition coefficient (Wildman–Crippen LogP) is 1.51. The minimum absolute atomic E-state index is 0.201. The minimum Gasteiger partial charge on any atom is -0.378 e.